The first-order valence-corrected chi connectivity index (χ1v) is 11.4. The molecule has 0 saturated heterocycles. The van der Waals surface area contributed by atoms with E-state index in [1.165, 1.54) is 28.0 Å². The fourth-order valence-corrected chi connectivity index (χ4v) is 5.16. The fraction of sp³-hybridized carbons (Fsp3) is 0.364. The molecule has 0 fully saturated rings. The fourth-order valence-electron chi connectivity index (χ4n) is 3.14. The van der Waals surface area contributed by atoms with Gasteiger partial charge < -0.3 is 4.90 Å². The Morgan fingerprint density at radius 1 is 1.27 bits per heavy atom. The van der Waals surface area contributed by atoms with Crippen LogP contribution in [-0.4, -0.2) is 39.7 Å². The molecule has 0 aliphatic rings. The largest absolute Gasteiger partial charge is 0.344 e. The number of rotatable bonds is 6. The number of thiophene rings is 1. The zero-order valence-corrected chi connectivity index (χ0v) is 19.4. The van der Waals surface area contributed by atoms with Crippen LogP contribution < -0.4 is 5.56 Å². The molecule has 2 heterocycles. The molecule has 0 bridgehead atoms. The minimum atomic E-state index is -0.108. The number of amides is 1. The summed E-state index contributed by atoms with van der Waals surface area (Å²) < 4.78 is 1.64. The van der Waals surface area contributed by atoms with Gasteiger partial charge in [-0.15, -0.1) is 11.3 Å². The summed E-state index contributed by atoms with van der Waals surface area (Å²) in [5.74, 6) is 0.0457. The van der Waals surface area contributed by atoms with E-state index in [2.05, 4.69) is 0 Å². The standard InChI is InChI=1S/C22H24N4O2S2/c1-13-8-6-9-17(14(13)2)26-21(28)19-15(3)16(4)30-20(19)24-22(26)29-12-18(27)25(5)11-7-10-23/h6,8-9H,7,11-12H2,1-5H3. The third-order valence-electron chi connectivity index (χ3n) is 5.30. The Hall–Kier alpha value is -2.63. The lowest BCUT2D eigenvalue weighted by Gasteiger charge is -2.17. The highest BCUT2D eigenvalue weighted by Gasteiger charge is 2.20. The topological polar surface area (TPSA) is 79.0 Å². The summed E-state index contributed by atoms with van der Waals surface area (Å²) in [7, 11) is 1.68. The van der Waals surface area contributed by atoms with Crippen molar-refractivity contribution in [1.82, 2.24) is 14.5 Å². The van der Waals surface area contributed by atoms with Gasteiger partial charge in [0.15, 0.2) is 5.16 Å². The highest BCUT2D eigenvalue weighted by Crippen LogP contribution is 2.30. The van der Waals surface area contributed by atoms with E-state index in [0.717, 1.165) is 27.3 Å². The maximum atomic E-state index is 13.6. The second kappa shape index (κ2) is 9.02. The molecule has 0 saturated carbocycles. The second-order valence-corrected chi connectivity index (χ2v) is 9.38. The minimum absolute atomic E-state index is 0.101. The molecule has 6 nitrogen and oxygen atoms in total. The Balaban J connectivity index is 2.11. The van der Waals surface area contributed by atoms with Crippen LogP contribution >= 0.6 is 23.1 Å². The first kappa shape index (κ1) is 22.1. The molecule has 1 amide bonds. The molecule has 0 atom stereocenters. The summed E-state index contributed by atoms with van der Waals surface area (Å²) >= 11 is 2.76. The monoisotopic (exact) mass is 440 g/mol. The normalized spacial score (nSPS) is 10.9. The van der Waals surface area contributed by atoms with Crippen molar-refractivity contribution in [2.45, 2.75) is 39.3 Å². The lowest BCUT2D eigenvalue weighted by atomic mass is 10.1. The zero-order valence-electron chi connectivity index (χ0n) is 17.8. The maximum Gasteiger partial charge on any atom is 0.267 e. The van der Waals surface area contributed by atoms with Crippen LogP contribution in [0.15, 0.2) is 28.2 Å². The predicted molar refractivity (Wildman–Crippen MR) is 123 cm³/mol. The van der Waals surface area contributed by atoms with Gasteiger partial charge in [0.1, 0.15) is 4.83 Å². The van der Waals surface area contributed by atoms with Crippen molar-refractivity contribution in [3.05, 3.63) is 50.1 Å². The van der Waals surface area contributed by atoms with E-state index in [9.17, 15) is 9.59 Å². The smallest absolute Gasteiger partial charge is 0.267 e. The van der Waals surface area contributed by atoms with Crippen LogP contribution in [0, 0.1) is 39.0 Å². The van der Waals surface area contributed by atoms with E-state index in [1.807, 2.05) is 52.0 Å². The Bertz CT molecular complexity index is 1220. The van der Waals surface area contributed by atoms with Crippen LogP contribution in [0.1, 0.15) is 28.0 Å². The Kier molecular flexibility index (Phi) is 6.64. The number of hydrogen-bond donors (Lipinski definition) is 0. The Morgan fingerprint density at radius 2 is 2.00 bits per heavy atom. The minimum Gasteiger partial charge on any atom is -0.344 e. The molecule has 30 heavy (non-hydrogen) atoms. The van der Waals surface area contributed by atoms with Crippen LogP contribution in [0.4, 0.5) is 0 Å². The zero-order chi connectivity index (χ0) is 22.0. The van der Waals surface area contributed by atoms with Gasteiger partial charge in [-0.25, -0.2) is 4.98 Å². The number of nitrogens with zero attached hydrogens (tertiary/aromatic N) is 4. The van der Waals surface area contributed by atoms with Gasteiger partial charge >= 0.3 is 0 Å². The molecule has 3 rings (SSSR count). The first-order chi connectivity index (χ1) is 14.3. The number of nitriles is 1. The lowest BCUT2D eigenvalue weighted by molar-refractivity contribution is -0.127. The van der Waals surface area contributed by atoms with Crippen molar-refractivity contribution in [3.8, 4) is 11.8 Å². The summed E-state index contributed by atoms with van der Waals surface area (Å²) in [5, 5.41) is 9.87. The van der Waals surface area contributed by atoms with Crippen molar-refractivity contribution < 1.29 is 4.79 Å². The number of hydrogen-bond acceptors (Lipinski definition) is 6. The number of fused-ring (bicyclic) bond motifs is 1. The average molecular weight is 441 g/mol. The average Bonchev–Trinajstić information content (AvgIpc) is 3.00. The van der Waals surface area contributed by atoms with Gasteiger partial charge in [-0.2, -0.15) is 5.26 Å². The molecule has 2 aromatic heterocycles. The van der Waals surface area contributed by atoms with Crippen LogP contribution in [0.5, 0.6) is 0 Å². The second-order valence-electron chi connectivity index (χ2n) is 7.23. The molecule has 0 aliphatic heterocycles. The quantitative estimate of drug-likeness (QED) is 0.425. The van der Waals surface area contributed by atoms with Gasteiger partial charge in [-0.05, 0) is 50.5 Å². The van der Waals surface area contributed by atoms with E-state index >= 15 is 0 Å². The van der Waals surface area contributed by atoms with E-state index in [4.69, 9.17) is 10.2 Å². The number of aryl methyl sites for hydroxylation is 3. The van der Waals surface area contributed by atoms with Gasteiger partial charge in [0, 0.05) is 18.5 Å². The van der Waals surface area contributed by atoms with Crippen molar-refractivity contribution in [2.24, 2.45) is 0 Å². The van der Waals surface area contributed by atoms with Crippen molar-refractivity contribution >= 4 is 39.2 Å². The molecule has 3 aromatic rings. The Morgan fingerprint density at radius 3 is 2.70 bits per heavy atom. The summed E-state index contributed by atoms with van der Waals surface area (Å²) in [6.45, 7) is 8.32. The molecule has 0 unspecified atom stereocenters. The van der Waals surface area contributed by atoms with Crippen LogP contribution in [0.25, 0.3) is 15.9 Å². The molecule has 1 aromatic carbocycles. The summed E-state index contributed by atoms with van der Waals surface area (Å²) in [6, 6.07) is 7.90. The Labute approximate surface area is 184 Å². The maximum absolute atomic E-state index is 13.6. The van der Waals surface area contributed by atoms with E-state index < -0.39 is 0 Å². The van der Waals surface area contributed by atoms with Crippen LogP contribution in [-0.2, 0) is 4.79 Å². The summed E-state index contributed by atoms with van der Waals surface area (Å²) in [6.07, 6.45) is 0.290. The van der Waals surface area contributed by atoms with E-state index in [-0.39, 0.29) is 23.6 Å². The van der Waals surface area contributed by atoms with E-state index in [0.29, 0.717) is 21.9 Å². The first-order valence-electron chi connectivity index (χ1n) is 9.59. The van der Waals surface area contributed by atoms with Crippen molar-refractivity contribution in [3.63, 3.8) is 0 Å². The number of thioether (sulfide) groups is 1. The molecule has 0 N–H and O–H groups in total. The SMILES string of the molecule is Cc1cccc(-n2c(SCC(=O)N(C)CCC#N)nc3sc(C)c(C)c3c2=O)c1C. The van der Waals surface area contributed by atoms with Crippen molar-refractivity contribution in [1.29, 1.82) is 5.26 Å². The molecule has 0 aliphatic carbocycles. The number of carbonyl (C=O) groups is 1. The number of benzene rings is 1. The van der Waals surface area contributed by atoms with Gasteiger partial charge in [0.2, 0.25) is 5.91 Å². The highest BCUT2D eigenvalue weighted by molar-refractivity contribution is 7.99. The summed E-state index contributed by atoms with van der Waals surface area (Å²) in [4.78, 5) is 34.1. The molecular formula is C22H24N4O2S2. The van der Waals surface area contributed by atoms with Gasteiger partial charge in [-0.1, -0.05) is 23.9 Å². The molecule has 0 spiro atoms. The molecule has 0 radical (unpaired) electrons. The van der Waals surface area contributed by atoms with E-state index in [1.54, 1.807) is 11.6 Å². The van der Waals surface area contributed by atoms with Crippen molar-refractivity contribution in [2.75, 3.05) is 19.3 Å². The van der Waals surface area contributed by atoms with Gasteiger partial charge in [-0.3, -0.25) is 14.2 Å². The third kappa shape index (κ3) is 4.13. The van der Waals surface area contributed by atoms with Gasteiger partial charge in [0.05, 0.1) is 29.3 Å². The highest BCUT2D eigenvalue weighted by atomic mass is 32.2. The molecule has 8 heteroatoms. The lowest BCUT2D eigenvalue weighted by Crippen LogP contribution is -2.29. The number of carbonyl (C=O) groups excluding carboxylic acids is 1. The predicted octanol–water partition coefficient (Wildman–Crippen LogP) is 4.15. The number of aromatic nitrogens is 2. The van der Waals surface area contributed by atoms with Gasteiger partial charge in [0.25, 0.3) is 5.56 Å². The van der Waals surface area contributed by atoms with Crippen LogP contribution in [0.3, 0.4) is 0 Å². The van der Waals surface area contributed by atoms with Crippen LogP contribution in [0.2, 0.25) is 0 Å². The summed E-state index contributed by atoms with van der Waals surface area (Å²) in [5.41, 5.74) is 3.72. The molecule has 156 valence electrons. The molecular weight excluding hydrogens is 416 g/mol. The third-order valence-corrected chi connectivity index (χ3v) is 7.32.